The molecule has 0 spiro atoms. The van der Waals surface area contributed by atoms with Crippen LogP contribution in [0.2, 0.25) is 0 Å². The Morgan fingerprint density at radius 1 is 1.48 bits per heavy atom. The summed E-state index contributed by atoms with van der Waals surface area (Å²) < 4.78 is 5.41. The van der Waals surface area contributed by atoms with Crippen molar-refractivity contribution in [1.82, 2.24) is 9.88 Å². The van der Waals surface area contributed by atoms with Crippen LogP contribution < -0.4 is 0 Å². The van der Waals surface area contributed by atoms with Gasteiger partial charge in [0.1, 0.15) is 6.26 Å². The molecule has 5 nitrogen and oxygen atoms in total. The second kappa shape index (κ2) is 6.87. The van der Waals surface area contributed by atoms with Crippen molar-refractivity contribution in [2.75, 3.05) is 6.54 Å². The van der Waals surface area contributed by atoms with E-state index >= 15 is 0 Å². The Kier molecular flexibility index (Phi) is 5.14. The van der Waals surface area contributed by atoms with Crippen LogP contribution in [0.15, 0.2) is 28.2 Å². The molecule has 6 heteroatoms. The Bertz CT molecular complexity index is 576. The first kappa shape index (κ1) is 15.7. The summed E-state index contributed by atoms with van der Waals surface area (Å²) in [6.07, 6.45) is 1.16. The van der Waals surface area contributed by atoms with Gasteiger partial charge < -0.3 is 14.4 Å². The van der Waals surface area contributed by atoms with Gasteiger partial charge in [0.05, 0.1) is 23.1 Å². The topological polar surface area (TPSA) is 66.6 Å². The number of aliphatic hydroxyl groups excluding tert-OH is 1. The third-order valence-electron chi connectivity index (χ3n) is 3.02. The van der Waals surface area contributed by atoms with E-state index in [4.69, 9.17) is 4.42 Å². The van der Waals surface area contributed by atoms with Crippen LogP contribution in [0.4, 0.5) is 0 Å². The molecule has 1 unspecified atom stereocenters. The van der Waals surface area contributed by atoms with Crippen LogP contribution >= 0.6 is 11.3 Å². The quantitative estimate of drug-likeness (QED) is 0.890. The molecule has 0 aliphatic rings. The number of hydrogen-bond acceptors (Lipinski definition) is 5. The molecule has 0 saturated heterocycles. The van der Waals surface area contributed by atoms with Gasteiger partial charge in [-0.3, -0.25) is 4.79 Å². The van der Waals surface area contributed by atoms with Crippen LogP contribution in [-0.4, -0.2) is 39.6 Å². The van der Waals surface area contributed by atoms with E-state index in [9.17, 15) is 9.90 Å². The van der Waals surface area contributed by atoms with Gasteiger partial charge in [-0.25, -0.2) is 4.98 Å². The minimum atomic E-state index is -0.546. The van der Waals surface area contributed by atoms with Crippen LogP contribution in [-0.2, 0) is 11.2 Å². The lowest BCUT2D eigenvalue weighted by Gasteiger charge is -2.27. The second-order valence-corrected chi connectivity index (χ2v) is 6.23. The lowest BCUT2D eigenvalue weighted by Crippen LogP contribution is -2.42. The average Bonchev–Trinajstić information content (AvgIpc) is 3.05. The van der Waals surface area contributed by atoms with E-state index in [-0.39, 0.29) is 18.4 Å². The molecule has 0 fully saturated rings. The van der Waals surface area contributed by atoms with Crippen molar-refractivity contribution >= 4 is 17.2 Å². The summed E-state index contributed by atoms with van der Waals surface area (Å²) in [7, 11) is 0. The van der Waals surface area contributed by atoms with E-state index in [1.54, 1.807) is 23.2 Å². The van der Waals surface area contributed by atoms with Crippen molar-refractivity contribution in [2.24, 2.45) is 0 Å². The fourth-order valence-electron chi connectivity index (χ4n) is 2.04. The number of hydrogen-bond donors (Lipinski definition) is 1. The molecule has 1 N–H and O–H groups in total. The molecule has 0 bridgehead atoms. The number of oxazole rings is 1. The van der Waals surface area contributed by atoms with Gasteiger partial charge in [-0.1, -0.05) is 6.07 Å². The number of rotatable bonds is 6. The highest BCUT2D eigenvalue weighted by molar-refractivity contribution is 7.13. The van der Waals surface area contributed by atoms with Crippen LogP contribution in [0.1, 0.15) is 26.5 Å². The third-order valence-corrected chi connectivity index (χ3v) is 3.88. The second-order valence-electron chi connectivity index (χ2n) is 5.29. The van der Waals surface area contributed by atoms with Gasteiger partial charge in [-0.15, -0.1) is 11.3 Å². The predicted molar refractivity (Wildman–Crippen MR) is 82.0 cm³/mol. The fraction of sp³-hybridized carbons (Fsp3) is 0.467. The first-order chi connectivity index (χ1) is 9.97. The smallest absolute Gasteiger partial charge is 0.236 e. The Balaban J connectivity index is 2.05. The molecule has 1 amide bonds. The molecule has 21 heavy (non-hydrogen) atoms. The highest BCUT2D eigenvalue weighted by atomic mass is 32.1. The summed E-state index contributed by atoms with van der Waals surface area (Å²) in [5, 5.41) is 11.4. The van der Waals surface area contributed by atoms with E-state index in [2.05, 4.69) is 4.98 Å². The van der Waals surface area contributed by atoms with Gasteiger partial charge in [0.15, 0.2) is 0 Å². The minimum Gasteiger partial charge on any atom is -0.444 e. The molecular formula is C15H20N2O3S. The third kappa shape index (κ3) is 4.15. The van der Waals surface area contributed by atoms with Gasteiger partial charge in [-0.05, 0) is 32.2 Å². The minimum absolute atomic E-state index is 0.0377. The maximum Gasteiger partial charge on any atom is 0.236 e. The SMILES string of the molecule is CC(O)CN(C(=O)Cc1coc(-c2cccs2)n1)C(C)C. The van der Waals surface area contributed by atoms with Gasteiger partial charge in [0.2, 0.25) is 11.8 Å². The van der Waals surface area contributed by atoms with Crippen molar-refractivity contribution in [3.63, 3.8) is 0 Å². The van der Waals surface area contributed by atoms with Crippen LogP contribution in [0.25, 0.3) is 10.8 Å². The number of carbonyl (C=O) groups excluding carboxylic acids is 1. The largest absolute Gasteiger partial charge is 0.444 e. The summed E-state index contributed by atoms with van der Waals surface area (Å²) >= 11 is 1.54. The van der Waals surface area contributed by atoms with Gasteiger partial charge in [-0.2, -0.15) is 0 Å². The standard InChI is InChI=1S/C15H20N2O3S/c1-10(2)17(8-11(3)18)14(19)7-12-9-20-15(16-12)13-5-4-6-21-13/h4-6,9-11,18H,7-8H2,1-3H3. The zero-order chi connectivity index (χ0) is 15.4. The van der Waals surface area contributed by atoms with Crippen molar-refractivity contribution in [3.05, 3.63) is 29.5 Å². The summed E-state index contributed by atoms with van der Waals surface area (Å²) in [6, 6.07) is 3.89. The van der Waals surface area contributed by atoms with Crippen LogP contribution in [0.5, 0.6) is 0 Å². The van der Waals surface area contributed by atoms with Crippen LogP contribution in [0.3, 0.4) is 0 Å². The summed E-state index contributed by atoms with van der Waals surface area (Å²) in [5.74, 6) is 0.483. The number of amides is 1. The first-order valence-electron chi connectivity index (χ1n) is 6.93. The highest BCUT2D eigenvalue weighted by Gasteiger charge is 2.20. The molecule has 2 rings (SSSR count). The number of carbonyl (C=O) groups is 1. The Morgan fingerprint density at radius 2 is 2.24 bits per heavy atom. The normalized spacial score (nSPS) is 12.6. The molecule has 114 valence electrons. The molecular weight excluding hydrogens is 288 g/mol. The van der Waals surface area contributed by atoms with E-state index < -0.39 is 6.10 Å². The van der Waals surface area contributed by atoms with Crippen molar-refractivity contribution in [2.45, 2.75) is 39.3 Å². The number of thiophene rings is 1. The van der Waals surface area contributed by atoms with Crippen molar-refractivity contribution in [3.8, 4) is 10.8 Å². The maximum atomic E-state index is 12.3. The van der Waals surface area contributed by atoms with E-state index in [0.717, 1.165) is 4.88 Å². The summed E-state index contributed by atoms with van der Waals surface area (Å²) in [6.45, 7) is 5.86. The summed E-state index contributed by atoms with van der Waals surface area (Å²) in [5.41, 5.74) is 0.611. The molecule has 0 aliphatic carbocycles. The van der Waals surface area contributed by atoms with Gasteiger partial charge >= 0.3 is 0 Å². The monoisotopic (exact) mass is 308 g/mol. The molecule has 2 heterocycles. The van der Waals surface area contributed by atoms with Crippen molar-refractivity contribution in [1.29, 1.82) is 0 Å². The fourth-order valence-corrected chi connectivity index (χ4v) is 2.70. The molecule has 0 aromatic carbocycles. The van der Waals surface area contributed by atoms with E-state index in [1.165, 1.54) is 6.26 Å². The molecule has 0 aliphatic heterocycles. The van der Waals surface area contributed by atoms with Crippen LogP contribution in [0, 0.1) is 0 Å². The van der Waals surface area contributed by atoms with Gasteiger partial charge in [0.25, 0.3) is 0 Å². The molecule has 1 atom stereocenters. The average molecular weight is 308 g/mol. The number of nitrogens with zero attached hydrogens (tertiary/aromatic N) is 2. The zero-order valence-corrected chi connectivity index (χ0v) is 13.3. The lowest BCUT2D eigenvalue weighted by molar-refractivity contribution is -0.133. The Labute approximate surface area is 128 Å². The van der Waals surface area contributed by atoms with E-state index in [1.807, 2.05) is 31.4 Å². The first-order valence-corrected chi connectivity index (χ1v) is 7.81. The maximum absolute atomic E-state index is 12.3. The molecule has 0 radical (unpaired) electrons. The Morgan fingerprint density at radius 3 is 2.81 bits per heavy atom. The molecule has 0 saturated carbocycles. The summed E-state index contributed by atoms with van der Waals surface area (Å²) in [4.78, 5) is 19.3. The number of aromatic nitrogens is 1. The zero-order valence-electron chi connectivity index (χ0n) is 12.4. The highest BCUT2D eigenvalue weighted by Crippen LogP contribution is 2.23. The lowest BCUT2D eigenvalue weighted by atomic mass is 10.2. The predicted octanol–water partition coefficient (Wildman–Crippen LogP) is 2.56. The Hall–Kier alpha value is -1.66. The van der Waals surface area contributed by atoms with Gasteiger partial charge in [0, 0.05) is 12.6 Å². The molecule has 2 aromatic rings. The number of aliphatic hydroxyl groups is 1. The van der Waals surface area contributed by atoms with Crippen molar-refractivity contribution < 1.29 is 14.3 Å². The van der Waals surface area contributed by atoms with E-state index in [0.29, 0.717) is 18.1 Å². The molecule has 2 aromatic heterocycles.